The Kier molecular flexibility index (Phi) is 4.63. The molecule has 0 saturated heterocycles. The zero-order chi connectivity index (χ0) is 11.1. The molecule has 1 amide bonds. The van der Waals surface area contributed by atoms with Gasteiger partial charge in [-0.05, 0) is 24.6 Å². The number of carbonyl (C=O) groups is 1. The van der Waals surface area contributed by atoms with Crippen molar-refractivity contribution < 1.29 is 4.79 Å². The lowest BCUT2D eigenvalue weighted by molar-refractivity contribution is -0.118. The third kappa shape index (κ3) is 4.46. The van der Waals surface area contributed by atoms with Crippen molar-refractivity contribution in [1.82, 2.24) is 5.32 Å². The van der Waals surface area contributed by atoms with Crippen LogP contribution in [0.4, 0.5) is 5.69 Å². The first-order valence-corrected chi connectivity index (χ1v) is 5.02. The highest BCUT2D eigenvalue weighted by molar-refractivity contribution is 5.73. The van der Waals surface area contributed by atoms with E-state index in [1.165, 1.54) is 0 Å². The Morgan fingerprint density at radius 3 is 2.73 bits per heavy atom. The minimum Gasteiger partial charge on any atom is -0.398 e. The monoisotopic (exact) mass is 207 g/mol. The Bertz CT molecular complexity index is 325. The van der Waals surface area contributed by atoms with Crippen LogP contribution in [0.3, 0.4) is 0 Å². The van der Waals surface area contributed by atoms with Crippen LogP contribution in [0.5, 0.6) is 0 Å². The highest BCUT2D eigenvalue weighted by Gasteiger charge is 1.97. The summed E-state index contributed by atoms with van der Waals surface area (Å²) in [5, 5.41) is 3.21. The van der Waals surface area contributed by atoms with E-state index in [-0.39, 0.29) is 5.91 Å². The number of rotatable bonds is 6. The van der Waals surface area contributed by atoms with Crippen molar-refractivity contribution in [3.8, 4) is 0 Å². The van der Waals surface area contributed by atoms with Gasteiger partial charge in [-0.3, -0.25) is 4.79 Å². The second-order valence-electron chi connectivity index (χ2n) is 3.45. The Morgan fingerprint density at radius 1 is 1.33 bits per heavy atom. The van der Waals surface area contributed by atoms with E-state index in [1.54, 1.807) is 0 Å². The van der Waals surface area contributed by atoms with Crippen LogP contribution in [-0.2, 0) is 11.3 Å². The summed E-state index contributed by atoms with van der Waals surface area (Å²) >= 11 is 0. The first-order valence-electron chi connectivity index (χ1n) is 5.02. The molecule has 15 heavy (non-hydrogen) atoms. The fourth-order valence-corrected chi connectivity index (χ4v) is 1.31. The lowest BCUT2D eigenvalue weighted by atomic mass is 10.2. The van der Waals surface area contributed by atoms with Crippen LogP contribution in [0, 0.1) is 0 Å². The van der Waals surface area contributed by atoms with Crippen molar-refractivity contribution in [1.29, 1.82) is 0 Å². The summed E-state index contributed by atoms with van der Waals surface area (Å²) in [5.74, 6) is -0.254. The van der Waals surface area contributed by atoms with Crippen molar-refractivity contribution in [2.24, 2.45) is 5.73 Å². The van der Waals surface area contributed by atoms with Crippen molar-refractivity contribution in [2.45, 2.75) is 19.4 Å². The molecule has 82 valence electrons. The van der Waals surface area contributed by atoms with Gasteiger partial charge in [-0.2, -0.15) is 0 Å². The lowest BCUT2D eigenvalue weighted by Crippen LogP contribution is -2.18. The average molecular weight is 207 g/mol. The summed E-state index contributed by atoms with van der Waals surface area (Å²) in [4.78, 5) is 10.5. The van der Waals surface area contributed by atoms with Gasteiger partial charge in [-0.25, -0.2) is 0 Å². The van der Waals surface area contributed by atoms with E-state index in [9.17, 15) is 4.79 Å². The highest BCUT2D eigenvalue weighted by Crippen LogP contribution is 2.09. The Labute approximate surface area is 89.6 Å². The van der Waals surface area contributed by atoms with Gasteiger partial charge in [-0.15, -0.1) is 0 Å². The number of carbonyl (C=O) groups excluding carboxylic acids is 1. The average Bonchev–Trinajstić information content (AvgIpc) is 2.20. The van der Waals surface area contributed by atoms with Crippen LogP contribution in [0.25, 0.3) is 0 Å². The number of benzene rings is 1. The molecule has 0 saturated carbocycles. The number of amides is 1. The maximum atomic E-state index is 10.5. The molecule has 0 fully saturated rings. The van der Waals surface area contributed by atoms with Crippen molar-refractivity contribution in [3.63, 3.8) is 0 Å². The van der Waals surface area contributed by atoms with Crippen LogP contribution in [0.1, 0.15) is 18.4 Å². The maximum absolute atomic E-state index is 10.5. The van der Waals surface area contributed by atoms with Crippen LogP contribution in [0.2, 0.25) is 0 Å². The molecular weight excluding hydrogens is 190 g/mol. The summed E-state index contributed by atoms with van der Waals surface area (Å²) in [6.45, 7) is 1.50. The van der Waals surface area contributed by atoms with Crippen molar-refractivity contribution in [3.05, 3.63) is 29.8 Å². The SMILES string of the molecule is NC(=O)CCCNCc1ccccc1N. The molecule has 0 aliphatic rings. The smallest absolute Gasteiger partial charge is 0.217 e. The fraction of sp³-hybridized carbons (Fsp3) is 0.364. The zero-order valence-corrected chi connectivity index (χ0v) is 8.70. The summed E-state index contributed by atoms with van der Waals surface area (Å²) in [5.41, 5.74) is 12.7. The summed E-state index contributed by atoms with van der Waals surface area (Å²) < 4.78 is 0. The van der Waals surface area contributed by atoms with Gasteiger partial charge in [0.1, 0.15) is 0 Å². The standard InChI is InChI=1S/C11H17N3O/c12-10-5-2-1-4-9(10)8-14-7-3-6-11(13)15/h1-2,4-5,14H,3,6-8,12H2,(H2,13,15). The molecule has 5 N–H and O–H groups in total. The third-order valence-electron chi connectivity index (χ3n) is 2.15. The lowest BCUT2D eigenvalue weighted by Gasteiger charge is -2.06. The van der Waals surface area contributed by atoms with Gasteiger partial charge >= 0.3 is 0 Å². The molecule has 0 atom stereocenters. The van der Waals surface area contributed by atoms with Gasteiger partial charge < -0.3 is 16.8 Å². The van der Waals surface area contributed by atoms with Crippen LogP contribution in [0.15, 0.2) is 24.3 Å². The van der Waals surface area contributed by atoms with Crippen molar-refractivity contribution in [2.75, 3.05) is 12.3 Å². The van der Waals surface area contributed by atoms with E-state index >= 15 is 0 Å². The van der Waals surface area contributed by atoms with E-state index in [4.69, 9.17) is 11.5 Å². The summed E-state index contributed by atoms with van der Waals surface area (Å²) in [6.07, 6.45) is 1.19. The number of nitrogen functional groups attached to an aromatic ring is 1. The number of anilines is 1. The molecule has 1 aromatic rings. The topological polar surface area (TPSA) is 81.1 Å². The molecule has 4 nitrogen and oxygen atoms in total. The van der Waals surface area contributed by atoms with E-state index in [1.807, 2.05) is 24.3 Å². The first-order chi connectivity index (χ1) is 7.20. The van der Waals surface area contributed by atoms with E-state index < -0.39 is 0 Å². The molecule has 0 aliphatic carbocycles. The van der Waals surface area contributed by atoms with Gasteiger partial charge in [0, 0.05) is 18.7 Å². The minimum absolute atomic E-state index is 0.254. The predicted octanol–water partition coefficient (Wildman–Crippen LogP) is 0.624. The molecule has 1 aromatic carbocycles. The first kappa shape index (κ1) is 11.5. The number of nitrogens with two attached hydrogens (primary N) is 2. The van der Waals surface area contributed by atoms with Gasteiger partial charge in [0.15, 0.2) is 0 Å². The number of primary amides is 1. The molecule has 0 spiro atoms. The molecule has 1 rings (SSSR count). The normalized spacial score (nSPS) is 10.1. The zero-order valence-electron chi connectivity index (χ0n) is 8.70. The van der Waals surface area contributed by atoms with Crippen molar-refractivity contribution >= 4 is 11.6 Å². The predicted molar refractivity (Wildman–Crippen MR) is 61.0 cm³/mol. The molecule has 0 heterocycles. The Balaban J connectivity index is 2.21. The fourth-order valence-electron chi connectivity index (χ4n) is 1.31. The van der Waals surface area contributed by atoms with E-state index in [0.717, 1.165) is 30.8 Å². The van der Waals surface area contributed by atoms with Gasteiger partial charge in [-0.1, -0.05) is 18.2 Å². The van der Waals surface area contributed by atoms with Crippen LogP contribution < -0.4 is 16.8 Å². The molecule has 0 bridgehead atoms. The molecule has 0 radical (unpaired) electrons. The minimum atomic E-state index is -0.254. The summed E-state index contributed by atoms with van der Waals surface area (Å²) in [6, 6.07) is 7.72. The molecular formula is C11H17N3O. The number of para-hydroxylation sites is 1. The second-order valence-corrected chi connectivity index (χ2v) is 3.45. The van der Waals surface area contributed by atoms with Gasteiger partial charge in [0.25, 0.3) is 0 Å². The quantitative estimate of drug-likeness (QED) is 0.472. The molecule has 0 aliphatic heterocycles. The maximum Gasteiger partial charge on any atom is 0.217 e. The number of hydrogen-bond donors (Lipinski definition) is 3. The molecule has 4 heteroatoms. The van der Waals surface area contributed by atoms with Crippen LogP contribution in [-0.4, -0.2) is 12.5 Å². The Morgan fingerprint density at radius 2 is 2.07 bits per heavy atom. The Hall–Kier alpha value is -1.55. The second kappa shape index (κ2) is 6.03. The number of hydrogen-bond acceptors (Lipinski definition) is 3. The molecule has 0 aromatic heterocycles. The van der Waals surface area contributed by atoms with Gasteiger partial charge in [0.2, 0.25) is 5.91 Å². The number of nitrogens with one attached hydrogen (secondary N) is 1. The molecule has 0 unspecified atom stereocenters. The van der Waals surface area contributed by atoms with E-state index in [2.05, 4.69) is 5.32 Å². The van der Waals surface area contributed by atoms with E-state index in [0.29, 0.717) is 6.42 Å². The highest BCUT2D eigenvalue weighted by atomic mass is 16.1. The van der Waals surface area contributed by atoms with Crippen LogP contribution >= 0.6 is 0 Å². The summed E-state index contributed by atoms with van der Waals surface area (Å²) in [7, 11) is 0. The largest absolute Gasteiger partial charge is 0.398 e. The van der Waals surface area contributed by atoms with Gasteiger partial charge in [0.05, 0.1) is 0 Å². The third-order valence-corrected chi connectivity index (χ3v) is 2.15.